The van der Waals surface area contributed by atoms with Crippen molar-refractivity contribution in [3.05, 3.63) is 36.9 Å². The molecule has 0 radical (unpaired) electrons. The van der Waals surface area contributed by atoms with E-state index in [1.54, 1.807) is 12.5 Å². The van der Waals surface area contributed by atoms with Gasteiger partial charge in [-0.25, -0.2) is 9.97 Å². The quantitative estimate of drug-likeness (QED) is 0.725. The highest BCUT2D eigenvalue weighted by atomic mass is 28.4. The summed E-state index contributed by atoms with van der Waals surface area (Å²) >= 11 is 0. The van der Waals surface area contributed by atoms with Crippen LogP contribution in [-0.2, 0) is 4.43 Å². The highest BCUT2D eigenvalue weighted by Gasteiger charge is 2.37. The molecule has 5 nitrogen and oxygen atoms in total. The average Bonchev–Trinajstić information content (AvgIpc) is 3.14. The molecule has 0 bridgehead atoms. The van der Waals surface area contributed by atoms with Crippen LogP contribution in [0, 0.1) is 5.92 Å². The van der Waals surface area contributed by atoms with Crippen LogP contribution in [0.3, 0.4) is 0 Å². The first-order valence-corrected chi connectivity index (χ1v) is 12.5. The Labute approximate surface area is 158 Å². The Bertz CT molecular complexity index is 701. The zero-order valence-electron chi connectivity index (χ0n) is 16.8. The molecular formula is C20H32N4OSi. The molecule has 3 rings (SSSR count). The standard InChI is InChI=1S/C20H32N4OSi/c1-20(2,3)26(4,5)25-15-17-9-12-23(13-10-17)18-7-6-8-19(22-18)24-14-11-21-16-24/h6-8,11,14,16-17H,9-10,12-13,15H2,1-5H3. The summed E-state index contributed by atoms with van der Waals surface area (Å²) in [6, 6.07) is 6.20. The molecule has 0 aromatic carbocycles. The maximum Gasteiger partial charge on any atom is 0.191 e. The first-order valence-electron chi connectivity index (χ1n) is 9.60. The molecule has 0 spiro atoms. The molecule has 0 saturated carbocycles. The van der Waals surface area contributed by atoms with Crippen LogP contribution in [-0.4, -0.2) is 42.5 Å². The molecule has 1 fully saturated rings. The molecule has 1 aliphatic rings. The smallest absolute Gasteiger partial charge is 0.191 e. The van der Waals surface area contributed by atoms with E-state index in [2.05, 4.69) is 55.9 Å². The monoisotopic (exact) mass is 372 g/mol. The second-order valence-electron chi connectivity index (χ2n) is 8.83. The van der Waals surface area contributed by atoms with Gasteiger partial charge in [0.25, 0.3) is 0 Å². The lowest BCUT2D eigenvalue weighted by Gasteiger charge is -2.39. The number of hydrogen-bond acceptors (Lipinski definition) is 4. The van der Waals surface area contributed by atoms with E-state index in [0.717, 1.165) is 31.3 Å². The number of aromatic nitrogens is 3. The fourth-order valence-corrected chi connectivity index (χ4v) is 4.08. The summed E-state index contributed by atoms with van der Waals surface area (Å²) in [7, 11) is -1.64. The van der Waals surface area contributed by atoms with Crippen molar-refractivity contribution in [3.63, 3.8) is 0 Å². The molecule has 0 unspecified atom stereocenters. The van der Waals surface area contributed by atoms with Gasteiger partial charge >= 0.3 is 0 Å². The molecule has 142 valence electrons. The van der Waals surface area contributed by atoms with Gasteiger partial charge in [-0.15, -0.1) is 0 Å². The molecule has 1 aliphatic heterocycles. The minimum Gasteiger partial charge on any atom is -0.417 e. The van der Waals surface area contributed by atoms with E-state index < -0.39 is 8.32 Å². The van der Waals surface area contributed by atoms with Crippen molar-refractivity contribution in [2.24, 2.45) is 5.92 Å². The normalized spacial score (nSPS) is 16.9. The van der Waals surface area contributed by atoms with Crippen molar-refractivity contribution in [1.29, 1.82) is 0 Å². The number of hydrogen-bond donors (Lipinski definition) is 0. The third kappa shape index (κ3) is 4.35. The minimum absolute atomic E-state index is 0.283. The second kappa shape index (κ2) is 7.52. The molecule has 26 heavy (non-hydrogen) atoms. The lowest BCUT2D eigenvalue weighted by molar-refractivity contribution is 0.205. The third-order valence-corrected chi connectivity index (χ3v) is 10.4. The largest absolute Gasteiger partial charge is 0.417 e. The van der Waals surface area contributed by atoms with Crippen molar-refractivity contribution in [2.75, 3.05) is 24.6 Å². The number of anilines is 1. The second-order valence-corrected chi connectivity index (χ2v) is 13.6. The molecule has 0 atom stereocenters. The fraction of sp³-hybridized carbons (Fsp3) is 0.600. The Balaban J connectivity index is 1.55. The SMILES string of the molecule is CC(C)(C)[Si](C)(C)OCC1CCN(c2cccc(-n3ccnc3)n2)CC1. The van der Waals surface area contributed by atoms with E-state index in [9.17, 15) is 0 Å². The van der Waals surface area contributed by atoms with Crippen LogP contribution < -0.4 is 4.90 Å². The summed E-state index contributed by atoms with van der Waals surface area (Å²) in [6.07, 6.45) is 7.84. The summed E-state index contributed by atoms with van der Waals surface area (Å²) < 4.78 is 8.38. The van der Waals surface area contributed by atoms with Gasteiger partial charge in [0.1, 0.15) is 18.0 Å². The summed E-state index contributed by atoms with van der Waals surface area (Å²) in [6.45, 7) is 14.6. The van der Waals surface area contributed by atoms with Crippen LogP contribution in [0.4, 0.5) is 5.82 Å². The minimum atomic E-state index is -1.64. The van der Waals surface area contributed by atoms with Gasteiger partial charge in [0.05, 0.1) is 0 Å². The van der Waals surface area contributed by atoms with E-state index in [-0.39, 0.29) is 5.04 Å². The summed E-state index contributed by atoms with van der Waals surface area (Å²) in [5.41, 5.74) is 0. The van der Waals surface area contributed by atoms with E-state index in [1.165, 1.54) is 12.8 Å². The Morgan fingerprint density at radius 1 is 1.15 bits per heavy atom. The Hall–Kier alpha value is -1.66. The molecular weight excluding hydrogens is 340 g/mol. The number of piperidine rings is 1. The van der Waals surface area contributed by atoms with Gasteiger partial charge in [-0.3, -0.25) is 4.57 Å². The van der Waals surface area contributed by atoms with Gasteiger partial charge in [0.15, 0.2) is 8.32 Å². The predicted molar refractivity (Wildman–Crippen MR) is 109 cm³/mol. The molecule has 1 saturated heterocycles. The average molecular weight is 373 g/mol. The maximum atomic E-state index is 6.44. The third-order valence-electron chi connectivity index (χ3n) is 5.91. The van der Waals surface area contributed by atoms with Gasteiger partial charge < -0.3 is 9.33 Å². The van der Waals surface area contributed by atoms with Crippen LogP contribution in [0.1, 0.15) is 33.6 Å². The van der Waals surface area contributed by atoms with Crippen molar-refractivity contribution in [2.45, 2.75) is 51.7 Å². The highest BCUT2D eigenvalue weighted by molar-refractivity contribution is 6.74. The van der Waals surface area contributed by atoms with Crippen molar-refractivity contribution < 1.29 is 4.43 Å². The van der Waals surface area contributed by atoms with Crippen molar-refractivity contribution in [3.8, 4) is 5.82 Å². The molecule has 2 aromatic rings. The van der Waals surface area contributed by atoms with Crippen molar-refractivity contribution in [1.82, 2.24) is 14.5 Å². The molecule has 2 aromatic heterocycles. The van der Waals surface area contributed by atoms with Gasteiger partial charge in [-0.05, 0) is 49.0 Å². The molecule has 0 aliphatic carbocycles. The van der Waals surface area contributed by atoms with E-state index in [4.69, 9.17) is 9.41 Å². The summed E-state index contributed by atoms with van der Waals surface area (Å²) in [5.74, 6) is 2.64. The Kier molecular flexibility index (Phi) is 5.53. The lowest BCUT2D eigenvalue weighted by atomic mass is 9.98. The first kappa shape index (κ1) is 19.1. The van der Waals surface area contributed by atoms with Crippen LogP contribution in [0.5, 0.6) is 0 Å². The molecule has 6 heteroatoms. The van der Waals surface area contributed by atoms with E-state index >= 15 is 0 Å². The Morgan fingerprint density at radius 2 is 1.85 bits per heavy atom. The predicted octanol–water partition coefficient (Wildman–Crippen LogP) is 4.51. The maximum absolute atomic E-state index is 6.44. The van der Waals surface area contributed by atoms with Gasteiger partial charge in [-0.1, -0.05) is 26.8 Å². The number of pyridine rings is 1. The van der Waals surface area contributed by atoms with Crippen LogP contribution in [0.25, 0.3) is 5.82 Å². The van der Waals surface area contributed by atoms with Gasteiger partial charge in [-0.2, -0.15) is 0 Å². The van der Waals surface area contributed by atoms with E-state index in [1.807, 2.05) is 16.8 Å². The lowest BCUT2D eigenvalue weighted by Crippen LogP contribution is -2.43. The topological polar surface area (TPSA) is 43.2 Å². The number of rotatable bonds is 5. The van der Waals surface area contributed by atoms with Crippen LogP contribution in [0.2, 0.25) is 18.1 Å². The highest BCUT2D eigenvalue weighted by Crippen LogP contribution is 2.37. The van der Waals surface area contributed by atoms with E-state index in [0.29, 0.717) is 5.92 Å². The Morgan fingerprint density at radius 3 is 2.46 bits per heavy atom. The first-order chi connectivity index (χ1) is 12.3. The number of nitrogens with zero attached hydrogens (tertiary/aromatic N) is 4. The fourth-order valence-electron chi connectivity index (χ4n) is 3.00. The zero-order valence-corrected chi connectivity index (χ0v) is 17.8. The summed E-state index contributed by atoms with van der Waals surface area (Å²) in [4.78, 5) is 11.3. The zero-order chi connectivity index (χ0) is 18.8. The van der Waals surface area contributed by atoms with Crippen LogP contribution >= 0.6 is 0 Å². The van der Waals surface area contributed by atoms with Crippen LogP contribution in [0.15, 0.2) is 36.9 Å². The summed E-state index contributed by atoms with van der Waals surface area (Å²) in [5, 5.41) is 0.283. The van der Waals surface area contributed by atoms with Crippen molar-refractivity contribution >= 4 is 14.1 Å². The van der Waals surface area contributed by atoms with Gasteiger partial charge in [0, 0.05) is 32.1 Å². The number of imidazole rings is 1. The molecule has 0 amide bonds. The van der Waals surface area contributed by atoms with Gasteiger partial charge in [0.2, 0.25) is 0 Å². The molecule has 0 N–H and O–H groups in total. The molecule has 3 heterocycles.